The molecule has 0 fully saturated rings. The van der Waals surface area contributed by atoms with Crippen molar-refractivity contribution in [2.24, 2.45) is 4.99 Å². The van der Waals surface area contributed by atoms with Gasteiger partial charge in [-0.2, -0.15) is 0 Å². The van der Waals surface area contributed by atoms with Gasteiger partial charge in [0, 0.05) is 31.9 Å². The fourth-order valence-corrected chi connectivity index (χ4v) is 2.73. The molecule has 3 rings (SSSR count). The SMILES string of the molecule is CN=C(NCc1ccc(OCCOc2ccccc2)nc1)NC1CC=CC1.I. The predicted molar refractivity (Wildman–Crippen MR) is 123 cm³/mol. The van der Waals surface area contributed by atoms with Crippen LogP contribution in [-0.2, 0) is 6.54 Å². The van der Waals surface area contributed by atoms with E-state index in [1.165, 1.54) is 0 Å². The highest BCUT2D eigenvalue weighted by Crippen LogP contribution is 2.11. The van der Waals surface area contributed by atoms with Crippen molar-refractivity contribution in [3.05, 3.63) is 66.4 Å². The lowest BCUT2D eigenvalue weighted by Gasteiger charge is -2.16. The zero-order valence-electron chi connectivity index (χ0n) is 16.0. The van der Waals surface area contributed by atoms with Crippen LogP contribution < -0.4 is 20.1 Å². The van der Waals surface area contributed by atoms with Crippen LogP contribution in [0.2, 0.25) is 0 Å². The highest BCUT2D eigenvalue weighted by Gasteiger charge is 2.11. The summed E-state index contributed by atoms with van der Waals surface area (Å²) >= 11 is 0. The molecular formula is C21H27IN4O2. The molecule has 1 aromatic heterocycles. The van der Waals surface area contributed by atoms with Crippen LogP contribution in [0.25, 0.3) is 0 Å². The minimum Gasteiger partial charge on any atom is -0.490 e. The number of hydrogen-bond donors (Lipinski definition) is 2. The molecule has 0 spiro atoms. The number of pyridine rings is 1. The summed E-state index contributed by atoms with van der Waals surface area (Å²) in [5.41, 5.74) is 1.07. The van der Waals surface area contributed by atoms with Gasteiger partial charge < -0.3 is 20.1 Å². The third-order valence-electron chi connectivity index (χ3n) is 4.18. The second kappa shape index (κ2) is 12.2. The summed E-state index contributed by atoms with van der Waals surface area (Å²) in [6, 6.07) is 14.0. The van der Waals surface area contributed by atoms with E-state index in [9.17, 15) is 0 Å². The Balaban J connectivity index is 0.00000280. The Labute approximate surface area is 183 Å². The minimum absolute atomic E-state index is 0. The lowest BCUT2D eigenvalue weighted by molar-refractivity contribution is 0.212. The fraction of sp³-hybridized carbons (Fsp3) is 0.333. The quantitative estimate of drug-likeness (QED) is 0.193. The second-order valence-electron chi connectivity index (χ2n) is 6.22. The number of para-hydroxylation sites is 1. The molecule has 0 unspecified atom stereocenters. The van der Waals surface area contributed by atoms with E-state index in [0.717, 1.165) is 30.1 Å². The van der Waals surface area contributed by atoms with Crippen LogP contribution in [-0.4, -0.2) is 37.2 Å². The molecule has 0 atom stereocenters. The predicted octanol–water partition coefficient (Wildman–Crippen LogP) is 3.54. The van der Waals surface area contributed by atoms with E-state index in [0.29, 0.717) is 31.7 Å². The summed E-state index contributed by atoms with van der Waals surface area (Å²) in [7, 11) is 1.78. The number of benzene rings is 1. The molecule has 1 heterocycles. The van der Waals surface area contributed by atoms with Gasteiger partial charge in [-0.05, 0) is 30.5 Å². The lowest BCUT2D eigenvalue weighted by Crippen LogP contribution is -2.42. The molecule has 6 nitrogen and oxygen atoms in total. The van der Waals surface area contributed by atoms with Crippen LogP contribution in [0.4, 0.5) is 0 Å². The Morgan fingerprint density at radius 2 is 1.82 bits per heavy atom. The maximum atomic E-state index is 5.62. The molecule has 0 saturated heterocycles. The van der Waals surface area contributed by atoms with E-state index >= 15 is 0 Å². The number of nitrogens with zero attached hydrogens (tertiary/aromatic N) is 2. The van der Waals surface area contributed by atoms with Gasteiger partial charge in [0.1, 0.15) is 19.0 Å². The van der Waals surface area contributed by atoms with Gasteiger partial charge in [0.05, 0.1) is 0 Å². The first-order valence-corrected chi connectivity index (χ1v) is 9.21. The molecule has 2 aromatic rings. The summed E-state index contributed by atoms with van der Waals surface area (Å²) in [4.78, 5) is 8.61. The molecule has 150 valence electrons. The van der Waals surface area contributed by atoms with Crippen LogP contribution in [0.3, 0.4) is 0 Å². The first-order chi connectivity index (χ1) is 13.3. The average Bonchev–Trinajstić information content (AvgIpc) is 3.23. The smallest absolute Gasteiger partial charge is 0.213 e. The lowest BCUT2D eigenvalue weighted by atomic mass is 10.2. The summed E-state index contributed by atoms with van der Waals surface area (Å²) in [5.74, 6) is 2.24. The van der Waals surface area contributed by atoms with Crippen molar-refractivity contribution in [2.75, 3.05) is 20.3 Å². The maximum absolute atomic E-state index is 5.62. The molecule has 0 aliphatic heterocycles. The van der Waals surface area contributed by atoms with Crippen LogP contribution >= 0.6 is 24.0 Å². The van der Waals surface area contributed by atoms with E-state index in [2.05, 4.69) is 32.8 Å². The minimum atomic E-state index is 0. The third kappa shape index (κ3) is 7.38. The number of aliphatic imine (C=N–C) groups is 1. The van der Waals surface area contributed by atoms with Crippen LogP contribution in [0.5, 0.6) is 11.6 Å². The zero-order chi connectivity index (χ0) is 18.7. The topological polar surface area (TPSA) is 67.8 Å². The molecular weight excluding hydrogens is 467 g/mol. The molecule has 0 saturated carbocycles. The Morgan fingerprint density at radius 1 is 1.07 bits per heavy atom. The summed E-state index contributed by atoms with van der Waals surface area (Å²) in [6.45, 7) is 1.59. The molecule has 28 heavy (non-hydrogen) atoms. The summed E-state index contributed by atoms with van der Waals surface area (Å²) in [5, 5.41) is 6.73. The molecule has 1 aliphatic rings. The van der Waals surface area contributed by atoms with Gasteiger partial charge in [-0.15, -0.1) is 24.0 Å². The Bertz CT molecular complexity index is 743. The van der Waals surface area contributed by atoms with Crippen molar-refractivity contribution in [3.8, 4) is 11.6 Å². The zero-order valence-corrected chi connectivity index (χ0v) is 18.3. The standard InChI is InChI=1S/C21H26N4O2.HI/c1-22-21(25-18-7-5-6-8-18)24-16-17-11-12-20(23-15-17)27-14-13-26-19-9-3-2-4-10-19;/h2-6,9-12,15,18H,7-8,13-14,16H2,1H3,(H2,22,24,25);1H. The molecule has 0 bridgehead atoms. The van der Waals surface area contributed by atoms with E-state index in [1.54, 1.807) is 7.05 Å². The molecule has 1 aromatic carbocycles. The number of guanidine groups is 1. The summed E-state index contributed by atoms with van der Waals surface area (Å²) in [6.07, 6.45) is 8.28. The van der Waals surface area contributed by atoms with Crippen molar-refractivity contribution >= 4 is 29.9 Å². The van der Waals surface area contributed by atoms with Crippen molar-refractivity contribution in [1.82, 2.24) is 15.6 Å². The van der Waals surface area contributed by atoms with E-state index in [-0.39, 0.29) is 24.0 Å². The number of halogens is 1. The van der Waals surface area contributed by atoms with Crippen molar-refractivity contribution in [2.45, 2.75) is 25.4 Å². The fourth-order valence-electron chi connectivity index (χ4n) is 2.73. The Hall–Kier alpha value is -2.29. The normalized spacial score (nSPS) is 13.7. The van der Waals surface area contributed by atoms with Gasteiger partial charge in [0.25, 0.3) is 0 Å². The van der Waals surface area contributed by atoms with Crippen molar-refractivity contribution < 1.29 is 9.47 Å². The van der Waals surface area contributed by atoms with Crippen molar-refractivity contribution in [1.29, 1.82) is 0 Å². The van der Waals surface area contributed by atoms with Gasteiger partial charge in [-0.25, -0.2) is 4.98 Å². The van der Waals surface area contributed by atoms with E-state index in [4.69, 9.17) is 9.47 Å². The number of aromatic nitrogens is 1. The largest absolute Gasteiger partial charge is 0.490 e. The summed E-state index contributed by atoms with van der Waals surface area (Å²) < 4.78 is 11.2. The third-order valence-corrected chi connectivity index (χ3v) is 4.18. The van der Waals surface area contributed by atoms with Crippen LogP contribution in [0, 0.1) is 0 Å². The molecule has 7 heteroatoms. The van der Waals surface area contributed by atoms with Gasteiger partial charge in [-0.1, -0.05) is 36.4 Å². The number of rotatable bonds is 8. The molecule has 1 aliphatic carbocycles. The van der Waals surface area contributed by atoms with Crippen molar-refractivity contribution in [3.63, 3.8) is 0 Å². The Morgan fingerprint density at radius 3 is 2.50 bits per heavy atom. The highest BCUT2D eigenvalue weighted by molar-refractivity contribution is 14.0. The molecule has 2 N–H and O–H groups in total. The van der Waals surface area contributed by atoms with Gasteiger partial charge in [0.2, 0.25) is 5.88 Å². The first kappa shape index (κ1) is 22.0. The number of nitrogens with one attached hydrogen (secondary N) is 2. The average molecular weight is 494 g/mol. The van der Waals surface area contributed by atoms with E-state index in [1.807, 2.05) is 48.7 Å². The second-order valence-corrected chi connectivity index (χ2v) is 6.22. The first-order valence-electron chi connectivity index (χ1n) is 9.21. The van der Waals surface area contributed by atoms with Crippen LogP contribution in [0.1, 0.15) is 18.4 Å². The van der Waals surface area contributed by atoms with E-state index < -0.39 is 0 Å². The maximum Gasteiger partial charge on any atom is 0.213 e. The number of ether oxygens (including phenoxy) is 2. The Kier molecular flexibility index (Phi) is 9.61. The van der Waals surface area contributed by atoms with Gasteiger partial charge in [0.15, 0.2) is 5.96 Å². The molecule has 0 amide bonds. The molecule has 0 radical (unpaired) electrons. The van der Waals surface area contributed by atoms with Gasteiger partial charge >= 0.3 is 0 Å². The highest BCUT2D eigenvalue weighted by atomic mass is 127. The van der Waals surface area contributed by atoms with Gasteiger partial charge in [-0.3, -0.25) is 4.99 Å². The monoisotopic (exact) mass is 494 g/mol. The number of hydrogen-bond acceptors (Lipinski definition) is 4. The van der Waals surface area contributed by atoms with Crippen LogP contribution in [0.15, 0.2) is 65.8 Å².